The fraction of sp³-hybridized carbons (Fsp3) is 0.327. The topological polar surface area (TPSA) is 158 Å². The first-order chi connectivity index (χ1) is 34.1. The number of benzene rings is 6. The van der Waals surface area contributed by atoms with E-state index >= 15 is 0 Å². The quantitative estimate of drug-likeness (QED) is 0.0276. The number of fused-ring (bicyclic) bond motifs is 1. The summed E-state index contributed by atoms with van der Waals surface area (Å²) in [5.74, 6) is 0. The van der Waals surface area contributed by atoms with E-state index in [0.29, 0.717) is 0 Å². The molecule has 3 aliphatic rings. The first-order valence-electron chi connectivity index (χ1n) is 23.2. The van der Waals surface area contributed by atoms with Crippen molar-refractivity contribution in [1.29, 1.82) is 0 Å². The molecule has 0 aromatic heterocycles. The van der Waals surface area contributed by atoms with Crippen LogP contribution < -0.4 is 0 Å². The molecule has 2 saturated heterocycles. The molecule has 1 aliphatic carbocycles. The smallest absolute Gasteiger partial charge is 0.424 e. The Labute approximate surface area is 401 Å². The van der Waals surface area contributed by atoms with E-state index in [1.54, 1.807) is 0 Å². The molecule has 6 aromatic carbocycles. The van der Waals surface area contributed by atoms with E-state index in [1.807, 2.05) is 182 Å². The van der Waals surface area contributed by atoms with Gasteiger partial charge in [-0.25, -0.2) is 4.79 Å². The SMILES string of the molecule is [N-]=[N+]=NC1C(O[C@@H]2C3OC(=O)O[C@@H]3C(OCc3ccccc3)C(OCc3ccccc3)[C@@H]2OCc2ccccc2)OC(COCc2ccccc2)[C@@H](OCc2ccccc2)[C@H]1OCc1ccccc1. The van der Waals surface area contributed by atoms with Crippen molar-refractivity contribution < 1.29 is 52.2 Å². The molecule has 0 bridgehead atoms. The molecule has 0 spiro atoms. The molecule has 9 rings (SSSR count). The monoisotopic (exact) mass is 933 g/mol. The normalized spacial score (nSPS) is 26.3. The molecule has 2 aliphatic heterocycles. The lowest BCUT2D eigenvalue weighted by molar-refractivity contribution is -0.327. The van der Waals surface area contributed by atoms with Gasteiger partial charge in [-0.05, 0) is 38.9 Å². The van der Waals surface area contributed by atoms with Gasteiger partial charge in [-0.2, -0.15) is 0 Å². The van der Waals surface area contributed by atoms with E-state index in [0.717, 1.165) is 33.4 Å². The molecule has 0 radical (unpaired) electrons. The fourth-order valence-electron chi connectivity index (χ4n) is 8.93. The predicted octanol–water partition coefficient (Wildman–Crippen LogP) is 9.84. The maximum absolute atomic E-state index is 13.4. The van der Waals surface area contributed by atoms with Crippen molar-refractivity contribution in [3.05, 3.63) is 226 Å². The molecule has 11 atom stereocenters. The zero-order valence-corrected chi connectivity index (χ0v) is 38.0. The molecule has 3 fully saturated rings. The number of rotatable bonds is 22. The van der Waals surface area contributed by atoms with Crippen LogP contribution in [-0.2, 0) is 87.0 Å². The summed E-state index contributed by atoms with van der Waals surface area (Å²) in [4.78, 5) is 16.7. The highest BCUT2D eigenvalue weighted by Crippen LogP contribution is 2.41. The van der Waals surface area contributed by atoms with Gasteiger partial charge in [0, 0.05) is 4.91 Å². The Morgan fingerprint density at radius 3 is 1.20 bits per heavy atom. The van der Waals surface area contributed by atoms with Crippen LogP contribution in [-0.4, -0.2) is 80.0 Å². The fourth-order valence-corrected chi connectivity index (χ4v) is 8.93. The van der Waals surface area contributed by atoms with E-state index < -0.39 is 73.4 Å². The zero-order valence-electron chi connectivity index (χ0n) is 38.0. The van der Waals surface area contributed by atoms with Crippen molar-refractivity contribution in [3.63, 3.8) is 0 Å². The summed E-state index contributed by atoms with van der Waals surface area (Å²) in [6.07, 6.45) is -10.8. The van der Waals surface area contributed by atoms with Crippen LogP contribution in [0.25, 0.3) is 10.4 Å². The molecule has 1 saturated carbocycles. The summed E-state index contributed by atoms with van der Waals surface area (Å²) >= 11 is 0. The highest BCUT2D eigenvalue weighted by Gasteiger charge is 2.62. The van der Waals surface area contributed by atoms with E-state index in [4.69, 9.17) is 47.4 Å². The van der Waals surface area contributed by atoms with Crippen LogP contribution in [0.4, 0.5) is 4.79 Å². The van der Waals surface area contributed by atoms with Crippen LogP contribution in [0.2, 0.25) is 0 Å². The third-order valence-electron chi connectivity index (χ3n) is 12.3. The number of nitrogens with zero attached hydrogens (tertiary/aromatic N) is 3. The van der Waals surface area contributed by atoms with Gasteiger partial charge in [-0.3, -0.25) is 0 Å². The van der Waals surface area contributed by atoms with Gasteiger partial charge in [-0.1, -0.05) is 187 Å². The molecule has 6 aromatic rings. The Kier molecular flexibility index (Phi) is 16.7. The summed E-state index contributed by atoms with van der Waals surface area (Å²) in [6.45, 7) is 1.15. The third kappa shape index (κ3) is 12.6. The van der Waals surface area contributed by atoms with Crippen LogP contribution in [0.5, 0.6) is 0 Å². The van der Waals surface area contributed by atoms with E-state index in [1.165, 1.54) is 0 Å². The largest absolute Gasteiger partial charge is 0.509 e. The van der Waals surface area contributed by atoms with Gasteiger partial charge in [0.2, 0.25) is 0 Å². The standard InChI is InChI=1S/C55H55N3O11/c56-58-57-45-47(62-33-40-23-11-3-12-24-40)46(61-32-39-21-9-2-10-22-39)44(37-60-31-38-19-7-1-8-20-38)66-54(45)67-51-49(64-35-42-27-15-5-16-28-42)48(63-34-41-25-13-4-14-26-41)50(52-53(51)69-55(59)68-52)65-36-43-29-17-6-18-30-43/h1-30,44-54H,31-37H2/t44?,45?,46-,47+,48?,49+,50?,51+,52-,53?,54?/m1/s1. The van der Waals surface area contributed by atoms with Crippen molar-refractivity contribution in [2.45, 2.75) is 107 Å². The minimum atomic E-state index is -1.33. The van der Waals surface area contributed by atoms with Crippen molar-refractivity contribution in [2.75, 3.05) is 6.61 Å². The maximum Gasteiger partial charge on any atom is 0.509 e. The number of azide groups is 1. The molecule has 14 nitrogen and oxygen atoms in total. The summed E-state index contributed by atoms with van der Waals surface area (Å²) in [5.41, 5.74) is 15.8. The van der Waals surface area contributed by atoms with E-state index in [-0.39, 0.29) is 46.2 Å². The number of hydrogen-bond donors (Lipinski definition) is 0. The Morgan fingerprint density at radius 1 is 0.435 bits per heavy atom. The minimum Gasteiger partial charge on any atom is -0.424 e. The van der Waals surface area contributed by atoms with Crippen LogP contribution >= 0.6 is 0 Å². The van der Waals surface area contributed by atoms with Gasteiger partial charge in [0.15, 0.2) is 18.5 Å². The van der Waals surface area contributed by atoms with Crippen LogP contribution in [0.3, 0.4) is 0 Å². The van der Waals surface area contributed by atoms with Gasteiger partial charge in [-0.15, -0.1) is 0 Å². The zero-order chi connectivity index (χ0) is 47.0. The second-order valence-electron chi connectivity index (χ2n) is 17.1. The van der Waals surface area contributed by atoms with Gasteiger partial charge >= 0.3 is 6.16 Å². The summed E-state index contributed by atoms with van der Waals surface area (Å²) in [5, 5.41) is 4.33. The number of hydrogen-bond acceptors (Lipinski definition) is 12. The average Bonchev–Trinajstić information content (AvgIpc) is 3.80. The molecular weight excluding hydrogens is 879 g/mol. The Hall–Kier alpha value is -6.42. The Balaban J connectivity index is 1.09. The third-order valence-corrected chi connectivity index (χ3v) is 12.3. The lowest BCUT2D eigenvalue weighted by Gasteiger charge is -2.49. The van der Waals surface area contributed by atoms with Gasteiger partial charge in [0.05, 0.1) is 46.2 Å². The Morgan fingerprint density at radius 2 is 0.783 bits per heavy atom. The van der Waals surface area contributed by atoms with Crippen LogP contribution in [0.1, 0.15) is 33.4 Å². The molecular formula is C55H55N3O11. The van der Waals surface area contributed by atoms with Crippen LogP contribution in [0.15, 0.2) is 187 Å². The van der Waals surface area contributed by atoms with E-state index in [2.05, 4.69) is 10.0 Å². The molecule has 14 heteroatoms. The first-order valence-corrected chi connectivity index (χ1v) is 23.2. The molecule has 0 N–H and O–H groups in total. The predicted molar refractivity (Wildman–Crippen MR) is 253 cm³/mol. The van der Waals surface area contributed by atoms with E-state index in [9.17, 15) is 10.3 Å². The van der Waals surface area contributed by atoms with Crippen molar-refractivity contribution in [3.8, 4) is 0 Å². The van der Waals surface area contributed by atoms with Crippen molar-refractivity contribution >= 4 is 6.16 Å². The molecule has 356 valence electrons. The van der Waals surface area contributed by atoms with Crippen molar-refractivity contribution in [2.24, 2.45) is 5.11 Å². The first kappa shape index (κ1) is 47.6. The molecule has 6 unspecified atom stereocenters. The number of ether oxygens (including phenoxy) is 10. The molecule has 69 heavy (non-hydrogen) atoms. The summed E-state index contributed by atoms with van der Waals surface area (Å²) in [7, 11) is 0. The summed E-state index contributed by atoms with van der Waals surface area (Å²) in [6, 6.07) is 57.2. The number of carbonyl (C=O) groups is 1. The second-order valence-corrected chi connectivity index (χ2v) is 17.1. The number of carbonyl (C=O) groups excluding carboxylic acids is 1. The van der Waals surface area contributed by atoms with Gasteiger partial charge < -0.3 is 47.4 Å². The maximum atomic E-state index is 13.4. The van der Waals surface area contributed by atoms with Gasteiger partial charge in [0.1, 0.15) is 48.8 Å². The van der Waals surface area contributed by atoms with Crippen molar-refractivity contribution in [1.82, 2.24) is 0 Å². The summed E-state index contributed by atoms with van der Waals surface area (Å²) < 4.78 is 66.5. The lowest BCUT2D eigenvalue weighted by Crippen LogP contribution is -2.68. The van der Waals surface area contributed by atoms with Gasteiger partial charge in [0.25, 0.3) is 0 Å². The minimum absolute atomic E-state index is 0.0450. The average molecular weight is 934 g/mol. The molecule has 0 amide bonds. The van der Waals surface area contributed by atoms with Crippen LogP contribution in [0, 0.1) is 0 Å². The lowest BCUT2D eigenvalue weighted by atomic mass is 9.83. The molecule has 2 heterocycles. The highest BCUT2D eigenvalue weighted by molar-refractivity contribution is 5.63. The second kappa shape index (κ2) is 24.2. The highest BCUT2D eigenvalue weighted by atomic mass is 16.8. The Bertz CT molecular complexity index is 2510.